The van der Waals surface area contributed by atoms with E-state index < -0.39 is 0 Å². The van der Waals surface area contributed by atoms with Gasteiger partial charge in [0.1, 0.15) is 0 Å². The van der Waals surface area contributed by atoms with Crippen LogP contribution in [-0.2, 0) is 11.3 Å². The summed E-state index contributed by atoms with van der Waals surface area (Å²) in [7, 11) is 0. The standard InChI is InChI=1S/C16H23ClN2O/c17-14-7-5-13(6-8-14)11-19-15(20)16(12-18)9-3-1-2-4-10-16/h5-8H,1-4,9-12,18H2,(H,19,20). The zero-order valence-electron chi connectivity index (χ0n) is 11.8. The Hall–Kier alpha value is -1.06. The maximum absolute atomic E-state index is 12.5. The van der Waals surface area contributed by atoms with E-state index in [4.69, 9.17) is 17.3 Å². The van der Waals surface area contributed by atoms with Crippen LogP contribution in [-0.4, -0.2) is 12.5 Å². The molecule has 0 saturated heterocycles. The normalized spacial score (nSPS) is 18.3. The Labute approximate surface area is 125 Å². The zero-order chi connectivity index (χ0) is 14.4. The molecule has 0 atom stereocenters. The minimum atomic E-state index is -0.358. The average molecular weight is 295 g/mol. The van der Waals surface area contributed by atoms with Gasteiger partial charge in [0.25, 0.3) is 0 Å². The molecule has 1 saturated carbocycles. The lowest BCUT2D eigenvalue weighted by atomic mass is 9.79. The highest BCUT2D eigenvalue weighted by Gasteiger charge is 2.36. The molecule has 0 aliphatic heterocycles. The van der Waals surface area contributed by atoms with Gasteiger partial charge in [-0.15, -0.1) is 0 Å². The molecule has 0 spiro atoms. The third-order valence-electron chi connectivity index (χ3n) is 4.30. The van der Waals surface area contributed by atoms with Crippen LogP contribution in [0.1, 0.15) is 44.1 Å². The monoisotopic (exact) mass is 294 g/mol. The average Bonchev–Trinajstić information content (AvgIpc) is 2.73. The van der Waals surface area contributed by atoms with Crippen molar-refractivity contribution in [2.75, 3.05) is 6.54 Å². The topological polar surface area (TPSA) is 55.1 Å². The van der Waals surface area contributed by atoms with E-state index in [2.05, 4.69) is 5.32 Å². The van der Waals surface area contributed by atoms with Crippen LogP contribution < -0.4 is 11.1 Å². The Morgan fingerprint density at radius 1 is 1.15 bits per heavy atom. The van der Waals surface area contributed by atoms with Gasteiger partial charge in [-0.25, -0.2) is 0 Å². The van der Waals surface area contributed by atoms with E-state index in [-0.39, 0.29) is 11.3 Å². The number of carbonyl (C=O) groups is 1. The van der Waals surface area contributed by atoms with Gasteiger partial charge in [-0.3, -0.25) is 4.79 Å². The number of hydrogen-bond donors (Lipinski definition) is 2. The van der Waals surface area contributed by atoms with Crippen LogP contribution in [0.2, 0.25) is 5.02 Å². The van der Waals surface area contributed by atoms with Gasteiger partial charge in [-0.05, 0) is 30.5 Å². The smallest absolute Gasteiger partial charge is 0.227 e. The molecule has 1 aromatic carbocycles. The molecule has 110 valence electrons. The molecule has 4 heteroatoms. The summed E-state index contributed by atoms with van der Waals surface area (Å²) in [5.74, 6) is 0.108. The molecule has 1 aliphatic carbocycles. The first kappa shape index (κ1) is 15.3. The minimum Gasteiger partial charge on any atom is -0.352 e. The summed E-state index contributed by atoms with van der Waals surface area (Å²) in [5.41, 5.74) is 6.62. The van der Waals surface area contributed by atoms with Crippen molar-refractivity contribution in [1.29, 1.82) is 0 Å². The van der Waals surface area contributed by atoms with Gasteiger partial charge < -0.3 is 11.1 Å². The number of rotatable bonds is 4. The van der Waals surface area contributed by atoms with Crippen LogP contribution in [0.5, 0.6) is 0 Å². The number of hydrogen-bond acceptors (Lipinski definition) is 2. The van der Waals surface area contributed by atoms with Crippen molar-refractivity contribution in [3.63, 3.8) is 0 Å². The van der Waals surface area contributed by atoms with Crippen LogP contribution in [0.25, 0.3) is 0 Å². The van der Waals surface area contributed by atoms with Crippen molar-refractivity contribution in [3.05, 3.63) is 34.9 Å². The Kier molecular flexibility index (Phi) is 5.44. The number of nitrogens with one attached hydrogen (secondary N) is 1. The molecule has 0 heterocycles. The number of halogens is 1. The third-order valence-corrected chi connectivity index (χ3v) is 4.55. The molecule has 20 heavy (non-hydrogen) atoms. The maximum atomic E-state index is 12.5. The van der Waals surface area contributed by atoms with E-state index in [0.29, 0.717) is 18.1 Å². The van der Waals surface area contributed by atoms with Gasteiger partial charge in [-0.2, -0.15) is 0 Å². The molecule has 1 aliphatic rings. The molecule has 3 N–H and O–H groups in total. The van der Waals surface area contributed by atoms with Crippen molar-refractivity contribution in [3.8, 4) is 0 Å². The molecule has 0 bridgehead atoms. The van der Waals surface area contributed by atoms with Gasteiger partial charge in [0, 0.05) is 18.1 Å². The summed E-state index contributed by atoms with van der Waals surface area (Å²) >= 11 is 5.85. The second kappa shape index (κ2) is 7.09. The quantitative estimate of drug-likeness (QED) is 0.838. The van der Waals surface area contributed by atoms with E-state index in [1.165, 1.54) is 12.8 Å². The summed E-state index contributed by atoms with van der Waals surface area (Å²) in [6.07, 6.45) is 6.46. The number of nitrogens with two attached hydrogens (primary N) is 1. The number of carbonyl (C=O) groups excluding carboxylic acids is 1. The van der Waals surface area contributed by atoms with Gasteiger partial charge in [0.15, 0.2) is 0 Å². The van der Waals surface area contributed by atoms with Crippen LogP contribution in [0.3, 0.4) is 0 Å². The molecule has 0 aromatic heterocycles. The molecular weight excluding hydrogens is 272 g/mol. The fraction of sp³-hybridized carbons (Fsp3) is 0.562. The predicted octanol–water partition coefficient (Wildman–Crippen LogP) is 3.26. The Morgan fingerprint density at radius 2 is 1.75 bits per heavy atom. The van der Waals surface area contributed by atoms with Crippen molar-refractivity contribution >= 4 is 17.5 Å². The molecular formula is C16H23ClN2O. The van der Waals surface area contributed by atoms with E-state index in [1.807, 2.05) is 24.3 Å². The highest BCUT2D eigenvalue weighted by molar-refractivity contribution is 6.30. The SMILES string of the molecule is NCC1(C(=O)NCc2ccc(Cl)cc2)CCCCCC1. The van der Waals surface area contributed by atoms with E-state index in [9.17, 15) is 4.79 Å². The van der Waals surface area contributed by atoms with Gasteiger partial charge in [0.2, 0.25) is 5.91 Å². The number of benzene rings is 1. The van der Waals surface area contributed by atoms with Crippen molar-refractivity contribution in [1.82, 2.24) is 5.32 Å². The molecule has 1 fully saturated rings. The summed E-state index contributed by atoms with van der Waals surface area (Å²) in [6, 6.07) is 7.55. The molecule has 1 amide bonds. The first-order valence-electron chi connectivity index (χ1n) is 7.39. The molecule has 0 unspecified atom stereocenters. The first-order valence-corrected chi connectivity index (χ1v) is 7.77. The van der Waals surface area contributed by atoms with Gasteiger partial charge in [-0.1, -0.05) is 49.4 Å². The highest BCUT2D eigenvalue weighted by Crippen LogP contribution is 2.34. The Balaban J connectivity index is 1.96. The number of amides is 1. The first-order chi connectivity index (χ1) is 9.66. The summed E-state index contributed by atoms with van der Waals surface area (Å²) < 4.78 is 0. The van der Waals surface area contributed by atoms with Gasteiger partial charge in [0.05, 0.1) is 5.41 Å². The van der Waals surface area contributed by atoms with Gasteiger partial charge >= 0.3 is 0 Å². The predicted molar refractivity (Wildman–Crippen MR) is 82.5 cm³/mol. The molecule has 3 nitrogen and oxygen atoms in total. The van der Waals surface area contributed by atoms with Crippen LogP contribution in [0.15, 0.2) is 24.3 Å². The summed E-state index contributed by atoms with van der Waals surface area (Å²) in [6.45, 7) is 0.983. The summed E-state index contributed by atoms with van der Waals surface area (Å²) in [5, 5.41) is 3.76. The Morgan fingerprint density at radius 3 is 2.30 bits per heavy atom. The van der Waals surface area contributed by atoms with Crippen molar-refractivity contribution < 1.29 is 4.79 Å². The lowest BCUT2D eigenvalue weighted by Crippen LogP contribution is -2.45. The van der Waals surface area contributed by atoms with Crippen LogP contribution >= 0.6 is 11.6 Å². The van der Waals surface area contributed by atoms with Crippen molar-refractivity contribution in [2.45, 2.75) is 45.1 Å². The fourth-order valence-electron chi connectivity index (χ4n) is 2.90. The third kappa shape index (κ3) is 3.74. The van der Waals surface area contributed by atoms with E-state index in [1.54, 1.807) is 0 Å². The van der Waals surface area contributed by atoms with Crippen molar-refractivity contribution in [2.24, 2.45) is 11.1 Å². The fourth-order valence-corrected chi connectivity index (χ4v) is 3.03. The maximum Gasteiger partial charge on any atom is 0.227 e. The van der Waals surface area contributed by atoms with Crippen LogP contribution in [0, 0.1) is 5.41 Å². The molecule has 0 radical (unpaired) electrons. The van der Waals surface area contributed by atoms with E-state index in [0.717, 1.165) is 31.2 Å². The second-order valence-electron chi connectivity index (χ2n) is 5.71. The molecule has 2 rings (SSSR count). The minimum absolute atomic E-state index is 0.108. The van der Waals surface area contributed by atoms with Crippen LogP contribution in [0.4, 0.5) is 0 Å². The van der Waals surface area contributed by atoms with E-state index >= 15 is 0 Å². The lowest BCUT2D eigenvalue weighted by Gasteiger charge is -2.29. The summed E-state index contributed by atoms with van der Waals surface area (Å²) in [4.78, 5) is 12.5. The molecule has 1 aromatic rings. The highest BCUT2D eigenvalue weighted by atomic mass is 35.5. The zero-order valence-corrected chi connectivity index (χ0v) is 12.6. The largest absolute Gasteiger partial charge is 0.352 e. The lowest BCUT2D eigenvalue weighted by molar-refractivity contribution is -0.131. The Bertz CT molecular complexity index is 436. The second-order valence-corrected chi connectivity index (χ2v) is 6.14.